The molecule has 3 aromatic rings. The van der Waals surface area contributed by atoms with Gasteiger partial charge in [-0.05, 0) is 37.3 Å². The van der Waals surface area contributed by atoms with Crippen LogP contribution in [0.2, 0.25) is 0 Å². The van der Waals surface area contributed by atoms with Crippen molar-refractivity contribution in [1.82, 2.24) is 15.4 Å². The minimum atomic E-state index is -0.651. The predicted octanol–water partition coefficient (Wildman–Crippen LogP) is 3.30. The van der Waals surface area contributed by atoms with Gasteiger partial charge in [0, 0.05) is 30.6 Å². The summed E-state index contributed by atoms with van der Waals surface area (Å²) < 4.78 is 2.07. The molecule has 2 amide bonds. The number of benzene rings is 2. The van der Waals surface area contributed by atoms with E-state index >= 15 is 0 Å². The summed E-state index contributed by atoms with van der Waals surface area (Å²) in [5, 5.41) is 3.54. The number of carbonyl (C=O) groups excluding carboxylic acids is 3. The molecule has 1 unspecified atom stereocenters. The van der Waals surface area contributed by atoms with Gasteiger partial charge in [-0.15, -0.1) is 0 Å². The number of rotatable bonds is 9. The summed E-state index contributed by atoms with van der Waals surface area (Å²) in [6.45, 7) is 2.90. The second-order valence-corrected chi connectivity index (χ2v) is 8.19. The molecule has 0 spiro atoms. The van der Waals surface area contributed by atoms with Gasteiger partial charge in [-0.3, -0.25) is 19.2 Å². The van der Waals surface area contributed by atoms with Crippen LogP contribution >= 0.6 is 0 Å². The Labute approximate surface area is 186 Å². The minimum absolute atomic E-state index is 0.174. The Morgan fingerprint density at radius 3 is 2.72 bits per heavy atom. The van der Waals surface area contributed by atoms with Gasteiger partial charge in [0.2, 0.25) is 5.91 Å². The molecule has 2 heterocycles. The maximum absolute atomic E-state index is 12.8. The van der Waals surface area contributed by atoms with Crippen molar-refractivity contribution < 1.29 is 19.2 Å². The largest absolute Gasteiger partial charge is 0.347 e. The third-order valence-electron chi connectivity index (χ3n) is 5.73. The van der Waals surface area contributed by atoms with Crippen LogP contribution in [0.25, 0.3) is 10.9 Å². The fraction of sp³-hybridized carbons (Fsp3) is 0.320. The standard InChI is InChI=1S/C25H27N3O4/c1-17(12-13-22(29)27-32-16-18-7-3-2-4-8-18)26-25(31)24(30)21-15-28-14-6-10-19-9-5-11-20(21)23(19)28/h2-5,7-9,11,15,17H,6,10,12-14,16H2,1H3,(H,26,31)(H,27,29). The zero-order valence-corrected chi connectivity index (χ0v) is 18.1. The monoisotopic (exact) mass is 433 g/mol. The fourth-order valence-electron chi connectivity index (χ4n) is 4.09. The number of nitrogens with zero attached hydrogens (tertiary/aromatic N) is 1. The average molecular weight is 434 g/mol. The lowest BCUT2D eigenvalue weighted by Crippen LogP contribution is -2.38. The summed E-state index contributed by atoms with van der Waals surface area (Å²) in [4.78, 5) is 42.6. The van der Waals surface area contributed by atoms with E-state index in [0.717, 1.165) is 35.9 Å². The molecule has 1 aromatic heterocycles. The fourth-order valence-corrected chi connectivity index (χ4v) is 4.09. The molecular formula is C25H27N3O4. The average Bonchev–Trinajstić information content (AvgIpc) is 3.18. The van der Waals surface area contributed by atoms with Crippen LogP contribution < -0.4 is 10.8 Å². The Morgan fingerprint density at radius 1 is 1.09 bits per heavy atom. The second-order valence-electron chi connectivity index (χ2n) is 8.19. The number of Topliss-reactive ketones (excluding diaryl/α,β-unsaturated/α-hetero) is 1. The van der Waals surface area contributed by atoms with Gasteiger partial charge >= 0.3 is 0 Å². The van der Waals surface area contributed by atoms with Crippen molar-refractivity contribution in [2.75, 3.05) is 0 Å². The summed E-state index contributed by atoms with van der Waals surface area (Å²) in [5.74, 6) is -1.47. The van der Waals surface area contributed by atoms with E-state index in [4.69, 9.17) is 4.84 Å². The molecule has 166 valence electrons. The van der Waals surface area contributed by atoms with E-state index < -0.39 is 11.7 Å². The van der Waals surface area contributed by atoms with Crippen LogP contribution in [-0.2, 0) is 34.0 Å². The number of aryl methyl sites for hydroxylation is 2. The van der Waals surface area contributed by atoms with Gasteiger partial charge in [-0.1, -0.05) is 48.5 Å². The Hall–Kier alpha value is -3.45. The number of para-hydroxylation sites is 1. The van der Waals surface area contributed by atoms with Gasteiger partial charge < -0.3 is 9.88 Å². The van der Waals surface area contributed by atoms with Crippen molar-refractivity contribution in [2.24, 2.45) is 0 Å². The Kier molecular flexibility index (Phi) is 6.66. The Morgan fingerprint density at radius 2 is 1.91 bits per heavy atom. The van der Waals surface area contributed by atoms with Crippen LogP contribution in [0.4, 0.5) is 0 Å². The molecule has 0 saturated heterocycles. The van der Waals surface area contributed by atoms with Gasteiger partial charge in [0.25, 0.3) is 11.7 Å². The highest BCUT2D eigenvalue weighted by Crippen LogP contribution is 2.29. The van der Waals surface area contributed by atoms with Gasteiger partial charge in [0.05, 0.1) is 17.7 Å². The summed E-state index contributed by atoms with van der Waals surface area (Å²) in [5.41, 5.74) is 6.05. The van der Waals surface area contributed by atoms with Crippen molar-refractivity contribution in [3.05, 3.63) is 71.4 Å². The third kappa shape index (κ3) is 4.89. The number of hydrogen-bond donors (Lipinski definition) is 2. The molecule has 4 rings (SSSR count). The minimum Gasteiger partial charge on any atom is -0.347 e. The van der Waals surface area contributed by atoms with Crippen molar-refractivity contribution in [3.63, 3.8) is 0 Å². The molecule has 2 aromatic carbocycles. The zero-order valence-electron chi connectivity index (χ0n) is 18.1. The maximum Gasteiger partial charge on any atom is 0.292 e. The summed E-state index contributed by atoms with van der Waals surface area (Å²) in [7, 11) is 0. The highest BCUT2D eigenvalue weighted by atomic mass is 16.6. The summed E-state index contributed by atoms with van der Waals surface area (Å²) in [6, 6.07) is 15.1. The van der Waals surface area contributed by atoms with E-state index in [1.54, 1.807) is 13.1 Å². The molecule has 1 aliphatic heterocycles. The van der Waals surface area contributed by atoms with E-state index in [0.29, 0.717) is 12.0 Å². The molecule has 7 nitrogen and oxygen atoms in total. The van der Waals surface area contributed by atoms with Crippen molar-refractivity contribution in [3.8, 4) is 0 Å². The van der Waals surface area contributed by atoms with Gasteiger partial charge in [0.15, 0.2) is 0 Å². The van der Waals surface area contributed by atoms with Crippen LogP contribution in [0.5, 0.6) is 0 Å². The first-order valence-electron chi connectivity index (χ1n) is 10.9. The van der Waals surface area contributed by atoms with Crippen LogP contribution in [0, 0.1) is 0 Å². The Bertz CT molecular complexity index is 1140. The number of amides is 2. The first-order valence-corrected chi connectivity index (χ1v) is 10.9. The molecule has 1 aliphatic rings. The first kappa shape index (κ1) is 21.8. The van der Waals surface area contributed by atoms with E-state index in [-0.39, 0.29) is 25.0 Å². The van der Waals surface area contributed by atoms with Crippen LogP contribution in [0.15, 0.2) is 54.7 Å². The first-order chi connectivity index (χ1) is 15.5. The number of nitrogens with one attached hydrogen (secondary N) is 2. The molecule has 0 saturated carbocycles. The van der Waals surface area contributed by atoms with Crippen LogP contribution in [-0.4, -0.2) is 28.2 Å². The lowest BCUT2D eigenvalue weighted by Gasteiger charge is -2.14. The molecule has 0 radical (unpaired) electrons. The van der Waals surface area contributed by atoms with Crippen LogP contribution in [0.1, 0.15) is 47.7 Å². The molecule has 0 aliphatic carbocycles. The van der Waals surface area contributed by atoms with Gasteiger partial charge in [-0.25, -0.2) is 5.48 Å². The molecule has 32 heavy (non-hydrogen) atoms. The third-order valence-corrected chi connectivity index (χ3v) is 5.73. The molecule has 0 bridgehead atoms. The second kappa shape index (κ2) is 9.78. The summed E-state index contributed by atoms with van der Waals surface area (Å²) >= 11 is 0. The van der Waals surface area contributed by atoms with Crippen LogP contribution in [0.3, 0.4) is 0 Å². The molecule has 1 atom stereocenters. The zero-order chi connectivity index (χ0) is 22.5. The van der Waals surface area contributed by atoms with E-state index in [2.05, 4.69) is 21.4 Å². The van der Waals surface area contributed by atoms with E-state index in [1.807, 2.05) is 42.5 Å². The quantitative estimate of drug-likeness (QED) is 0.308. The van der Waals surface area contributed by atoms with E-state index in [9.17, 15) is 14.4 Å². The highest BCUT2D eigenvalue weighted by Gasteiger charge is 2.25. The number of hydroxylamine groups is 1. The van der Waals surface area contributed by atoms with Gasteiger partial charge in [0.1, 0.15) is 0 Å². The molecule has 0 fully saturated rings. The van der Waals surface area contributed by atoms with Crippen molar-refractivity contribution >= 4 is 28.5 Å². The smallest absolute Gasteiger partial charge is 0.292 e. The van der Waals surface area contributed by atoms with Gasteiger partial charge in [-0.2, -0.15) is 0 Å². The number of aromatic nitrogens is 1. The molecule has 7 heteroatoms. The van der Waals surface area contributed by atoms with Crippen molar-refractivity contribution in [2.45, 2.75) is 51.8 Å². The Balaban J connectivity index is 1.27. The predicted molar refractivity (Wildman–Crippen MR) is 121 cm³/mol. The van der Waals surface area contributed by atoms with E-state index in [1.165, 1.54) is 5.56 Å². The number of hydrogen-bond acceptors (Lipinski definition) is 4. The molecule has 2 N–H and O–H groups in total. The molecular weight excluding hydrogens is 406 g/mol. The number of carbonyl (C=O) groups is 3. The summed E-state index contributed by atoms with van der Waals surface area (Å²) in [6.07, 6.45) is 4.36. The normalized spacial score (nSPS) is 13.5. The highest BCUT2D eigenvalue weighted by molar-refractivity contribution is 6.45. The lowest BCUT2D eigenvalue weighted by atomic mass is 10.0. The van der Waals surface area contributed by atoms with Crippen molar-refractivity contribution in [1.29, 1.82) is 0 Å². The number of ketones is 1. The lowest BCUT2D eigenvalue weighted by molar-refractivity contribution is -0.135. The topological polar surface area (TPSA) is 89.4 Å². The maximum atomic E-state index is 12.8. The SMILES string of the molecule is CC(CCC(=O)NOCc1ccccc1)NC(=O)C(=O)c1cn2c3c(cccc13)CCC2.